The third-order valence-corrected chi connectivity index (χ3v) is 2.49. The summed E-state index contributed by atoms with van der Waals surface area (Å²) in [5.41, 5.74) is 4.40. The second-order valence-corrected chi connectivity index (χ2v) is 4.47. The molecule has 0 aliphatic heterocycles. The summed E-state index contributed by atoms with van der Waals surface area (Å²) >= 11 is 0. The van der Waals surface area contributed by atoms with Gasteiger partial charge in [-0.3, -0.25) is 4.79 Å². The Bertz CT molecular complexity index is 539. The standard InChI is InChI=1S/C13H16N2O5/c1-8(16)15-10-5-3-4-9(6-10)7-20-12(19)13(2,14)11(17)18/h3-6H,7,14H2,1-2H3,(H,15,16)(H,17,18). The zero-order valence-corrected chi connectivity index (χ0v) is 11.2. The van der Waals surface area contributed by atoms with Crippen molar-refractivity contribution in [1.29, 1.82) is 0 Å². The molecular formula is C13H16N2O5. The largest absolute Gasteiger partial charge is 0.479 e. The quantitative estimate of drug-likeness (QED) is 0.533. The number of esters is 1. The van der Waals surface area contributed by atoms with E-state index in [0.717, 1.165) is 6.92 Å². The first-order valence-electron chi connectivity index (χ1n) is 5.79. The maximum absolute atomic E-state index is 11.5. The molecule has 7 heteroatoms. The van der Waals surface area contributed by atoms with Crippen LogP contribution >= 0.6 is 0 Å². The van der Waals surface area contributed by atoms with Gasteiger partial charge in [0, 0.05) is 12.6 Å². The van der Waals surface area contributed by atoms with Crippen molar-refractivity contribution >= 4 is 23.5 Å². The molecular weight excluding hydrogens is 264 g/mol. The molecule has 0 aliphatic rings. The Kier molecular flexibility index (Phi) is 4.82. The van der Waals surface area contributed by atoms with Crippen LogP contribution in [0.1, 0.15) is 19.4 Å². The number of anilines is 1. The van der Waals surface area contributed by atoms with Crippen LogP contribution in [0, 0.1) is 0 Å². The number of carboxylic acid groups (broad SMARTS) is 1. The van der Waals surface area contributed by atoms with Crippen LogP contribution in [-0.4, -0.2) is 28.5 Å². The molecule has 0 bridgehead atoms. The lowest BCUT2D eigenvalue weighted by atomic mass is 10.1. The van der Waals surface area contributed by atoms with Gasteiger partial charge in [-0.25, -0.2) is 9.59 Å². The lowest BCUT2D eigenvalue weighted by Gasteiger charge is -2.17. The van der Waals surface area contributed by atoms with E-state index < -0.39 is 17.5 Å². The van der Waals surface area contributed by atoms with E-state index in [2.05, 4.69) is 5.32 Å². The summed E-state index contributed by atoms with van der Waals surface area (Å²) < 4.78 is 4.86. The average molecular weight is 280 g/mol. The van der Waals surface area contributed by atoms with E-state index in [0.29, 0.717) is 11.3 Å². The monoisotopic (exact) mass is 280 g/mol. The molecule has 0 heterocycles. The Morgan fingerprint density at radius 1 is 1.40 bits per heavy atom. The van der Waals surface area contributed by atoms with Crippen LogP contribution in [0.15, 0.2) is 24.3 Å². The number of nitrogens with one attached hydrogen (secondary N) is 1. The minimum Gasteiger partial charge on any atom is -0.479 e. The van der Waals surface area contributed by atoms with E-state index in [-0.39, 0.29) is 12.5 Å². The van der Waals surface area contributed by atoms with Gasteiger partial charge >= 0.3 is 11.9 Å². The van der Waals surface area contributed by atoms with Crippen molar-refractivity contribution in [1.82, 2.24) is 0 Å². The number of amides is 1. The van der Waals surface area contributed by atoms with E-state index in [1.54, 1.807) is 24.3 Å². The van der Waals surface area contributed by atoms with Crippen molar-refractivity contribution in [2.45, 2.75) is 26.0 Å². The highest BCUT2D eigenvalue weighted by Crippen LogP contribution is 2.13. The summed E-state index contributed by atoms with van der Waals surface area (Å²) in [6.45, 7) is 2.30. The summed E-state index contributed by atoms with van der Waals surface area (Å²) in [5.74, 6) is -2.72. The van der Waals surface area contributed by atoms with Crippen LogP contribution in [0.3, 0.4) is 0 Å². The van der Waals surface area contributed by atoms with Gasteiger partial charge in [0.1, 0.15) is 6.61 Å². The van der Waals surface area contributed by atoms with E-state index in [1.807, 2.05) is 0 Å². The highest BCUT2D eigenvalue weighted by atomic mass is 16.5. The van der Waals surface area contributed by atoms with Crippen molar-refractivity contribution in [3.63, 3.8) is 0 Å². The summed E-state index contributed by atoms with van der Waals surface area (Å²) in [6.07, 6.45) is 0. The van der Waals surface area contributed by atoms with E-state index in [9.17, 15) is 14.4 Å². The first kappa shape index (κ1) is 15.6. The molecule has 0 radical (unpaired) electrons. The topological polar surface area (TPSA) is 119 Å². The van der Waals surface area contributed by atoms with Crippen LogP contribution in [0.4, 0.5) is 5.69 Å². The number of nitrogens with two attached hydrogens (primary N) is 1. The minimum absolute atomic E-state index is 0.133. The first-order chi connectivity index (χ1) is 9.23. The third-order valence-electron chi connectivity index (χ3n) is 2.49. The molecule has 0 fully saturated rings. The Morgan fingerprint density at radius 2 is 2.05 bits per heavy atom. The summed E-state index contributed by atoms with van der Waals surface area (Å²) in [6, 6.07) is 6.64. The van der Waals surface area contributed by atoms with Gasteiger partial charge < -0.3 is 20.9 Å². The Hall–Kier alpha value is -2.41. The fourth-order valence-corrected chi connectivity index (χ4v) is 1.33. The number of carbonyl (C=O) groups is 3. The molecule has 1 amide bonds. The molecule has 1 aromatic carbocycles. The molecule has 0 saturated heterocycles. The van der Waals surface area contributed by atoms with Crippen LogP contribution in [0.25, 0.3) is 0 Å². The van der Waals surface area contributed by atoms with Gasteiger partial charge in [0.25, 0.3) is 0 Å². The second-order valence-electron chi connectivity index (χ2n) is 4.47. The van der Waals surface area contributed by atoms with Gasteiger partial charge in [0.15, 0.2) is 0 Å². The Morgan fingerprint density at radius 3 is 2.60 bits per heavy atom. The Labute approximate surface area is 115 Å². The molecule has 0 spiro atoms. The Balaban J connectivity index is 2.69. The zero-order chi connectivity index (χ0) is 15.3. The number of aliphatic carboxylic acids is 1. The van der Waals surface area contributed by atoms with Gasteiger partial charge in [-0.05, 0) is 24.6 Å². The molecule has 4 N–H and O–H groups in total. The van der Waals surface area contributed by atoms with Crippen LogP contribution in [-0.2, 0) is 25.7 Å². The molecule has 108 valence electrons. The summed E-state index contributed by atoms with van der Waals surface area (Å²) in [5, 5.41) is 11.4. The maximum atomic E-state index is 11.5. The number of hydrogen-bond donors (Lipinski definition) is 3. The second kappa shape index (κ2) is 6.16. The van der Waals surface area contributed by atoms with Gasteiger partial charge in [0.05, 0.1) is 0 Å². The molecule has 7 nitrogen and oxygen atoms in total. The van der Waals surface area contributed by atoms with Crippen LogP contribution < -0.4 is 11.1 Å². The number of rotatable bonds is 5. The van der Waals surface area contributed by atoms with E-state index >= 15 is 0 Å². The van der Waals surface area contributed by atoms with Crippen LogP contribution in [0.2, 0.25) is 0 Å². The molecule has 1 atom stereocenters. The third kappa shape index (κ3) is 4.06. The van der Waals surface area contributed by atoms with Crippen molar-refractivity contribution in [2.75, 3.05) is 5.32 Å². The molecule has 0 aromatic heterocycles. The van der Waals surface area contributed by atoms with Gasteiger partial charge in [-0.1, -0.05) is 12.1 Å². The highest BCUT2D eigenvalue weighted by Gasteiger charge is 2.38. The number of carbonyl (C=O) groups excluding carboxylic acids is 2. The first-order valence-corrected chi connectivity index (χ1v) is 5.79. The van der Waals surface area contributed by atoms with Crippen molar-refractivity contribution in [3.8, 4) is 0 Å². The van der Waals surface area contributed by atoms with Crippen molar-refractivity contribution in [2.24, 2.45) is 5.73 Å². The molecule has 1 rings (SSSR count). The number of hydrogen-bond acceptors (Lipinski definition) is 5. The van der Waals surface area contributed by atoms with E-state index in [4.69, 9.17) is 15.6 Å². The lowest BCUT2D eigenvalue weighted by Crippen LogP contribution is -2.53. The highest BCUT2D eigenvalue weighted by molar-refractivity contribution is 6.03. The van der Waals surface area contributed by atoms with Crippen molar-refractivity contribution in [3.05, 3.63) is 29.8 Å². The van der Waals surface area contributed by atoms with Crippen molar-refractivity contribution < 1.29 is 24.2 Å². The fraction of sp³-hybridized carbons (Fsp3) is 0.308. The zero-order valence-electron chi connectivity index (χ0n) is 11.2. The number of ether oxygens (including phenoxy) is 1. The molecule has 1 unspecified atom stereocenters. The van der Waals surface area contributed by atoms with Gasteiger partial charge in [0.2, 0.25) is 11.4 Å². The molecule has 0 aliphatic carbocycles. The van der Waals surface area contributed by atoms with Crippen LogP contribution in [0.5, 0.6) is 0 Å². The number of benzene rings is 1. The number of carboxylic acids is 1. The summed E-state index contributed by atoms with van der Waals surface area (Å²) in [4.78, 5) is 33.2. The fourth-order valence-electron chi connectivity index (χ4n) is 1.33. The molecule has 20 heavy (non-hydrogen) atoms. The maximum Gasteiger partial charge on any atom is 0.337 e. The SMILES string of the molecule is CC(=O)Nc1cccc(COC(=O)C(C)(N)C(=O)O)c1. The lowest BCUT2D eigenvalue weighted by molar-refractivity contribution is -0.160. The normalized spacial score (nSPS) is 13.2. The summed E-state index contributed by atoms with van der Waals surface area (Å²) in [7, 11) is 0. The van der Waals surface area contributed by atoms with Gasteiger partial charge in [-0.15, -0.1) is 0 Å². The predicted molar refractivity (Wildman–Crippen MR) is 70.8 cm³/mol. The minimum atomic E-state index is -2.09. The average Bonchev–Trinajstić information content (AvgIpc) is 2.35. The smallest absolute Gasteiger partial charge is 0.337 e. The molecule has 1 aromatic rings. The predicted octanol–water partition coefficient (Wildman–Crippen LogP) is 0.490. The molecule has 0 saturated carbocycles. The van der Waals surface area contributed by atoms with E-state index in [1.165, 1.54) is 6.92 Å². The van der Waals surface area contributed by atoms with Gasteiger partial charge in [-0.2, -0.15) is 0 Å².